The van der Waals surface area contributed by atoms with Gasteiger partial charge in [0.15, 0.2) is 6.61 Å². The number of nitrogens with zero attached hydrogens (tertiary/aromatic N) is 1. The van der Waals surface area contributed by atoms with E-state index in [-0.39, 0.29) is 22.2 Å². The minimum atomic E-state index is -0.692. The van der Waals surface area contributed by atoms with Crippen molar-refractivity contribution < 1.29 is 9.53 Å². The van der Waals surface area contributed by atoms with Gasteiger partial charge in [-0.2, -0.15) is 5.26 Å². The lowest BCUT2D eigenvalue weighted by Gasteiger charge is -2.04. The van der Waals surface area contributed by atoms with Crippen LogP contribution in [0.25, 0.3) is 0 Å². The van der Waals surface area contributed by atoms with Crippen molar-refractivity contribution in [3.05, 3.63) is 33.8 Å². The number of carbonyl (C=O) groups excluding carboxylic acids is 1. The van der Waals surface area contributed by atoms with Gasteiger partial charge in [-0.1, -0.05) is 29.3 Å². The smallest absolute Gasteiger partial charge is 0.342 e. The Hall–Kier alpha value is -1.24. The lowest BCUT2D eigenvalue weighted by Crippen LogP contribution is -2.06. The molecule has 0 N–H and O–H groups in total. The average molecular weight is 230 g/mol. The van der Waals surface area contributed by atoms with E-state index in [0.717, 1.165) is 0 Å². The maximum Gasteiger partial charge on any atom is 0.342 e. The Labute approximate surface area is 90.8 Å². The molecule has 0 aliphatic rings. The van der Waals surface area contributed by atoms with Crippen LogP contribution in [0.4, 0.5) is 0 Å². The highest BCUT2D eigenvalue weighted by Gasteiger charge is 2.15. The Morgan fingerprint density at radius 1 is 1.43 bits per heavy atom. The van der Waals surface area contributed by atoms with Gasteiger partial charge in [-0.3, -0.25) is 0 Å². The van der Waals surface area contributed by atoms with Crippen LogP contribution in [0.2, 0.25) is 10.0 Å². The van der Waals surface area contributed by atoms with E-state index in [4.69, 9.17) is 28.5 Å². The predicted molar refractivity (Wildman–Crippen MR) is 52.4 cm³/mol. The number of esters is 1. The monoisotopic (exact) mass is 229 g/mol. The van der Waals surface area contributed by atoms with E-state index in [2.05, 4.69) is 4.74 Å². The summed E-state index contributed by atoms with van der Waals surface area (Å²) in [4.78, 5) is 11.3. The van der Waals surface area contributed by atoms with Gasteiger partial charge in [-0.05, 0) is 12.1 Å². The Bertz CT molecular complexity index is 378. The Morgan fingerprint density at radius 3 is 2.50 bits per heavy atom. The number of halogens is 2. The summed E-state index contributed by atoms with van der Waals surface area (Å²) >= 11 is 11.5. The van der Waals surface area contributed by atoms with Crippen molar-refractivity contribution in [1.29, 1.82) is 5.26 Å². The second kappa shape index (κ2) is 4.85. The Kier molecular flexibility index (Phi) is 3.75. The topological polar surface area (TPSA) is 50.1 Å². The fourth-order valence-electron chi connectivity index (χ4n) is 0.863. The summed E-state index contributed by atoms with van der Waals surface area (Å²) in [6.07, 6.45) is 0. The third-order valence-electron chi connectivity index (χ3n) is 1.43. The molecule has 5 heteroatoms. The van der Waals surface area contributed by atoms with Gasteiger partial charge >= 0.3 is 5.97 Å². The second-order valence-corrected chi connectivity index (χ2v) is 3.15. The van der Waals surface area contributed by atoms with Crippen LogP contribution < -0.4 is 0 Å². The van der Waals surface area contributed by atoms with Crippen LogP contribution in [0.15, 0.2) is 18.2 Å². The van der Waals surface area contributed by atoms with E-state index >= 15 is 0 Å². The SMILES string of the molecule is N#CCOC(=O)c1c(Cl)cccc1Cl. The molecule has 0 saturated carbocycles. The van der Waals surface area contributed by atoms with E-state index in [0.29, 0.717) is 0 Å². The van der Waals surface area contributed by atoms with Crippen LogP contribution in [0.5, 0.6) is 0 Å². The summed E-state index contributed by atoms with van der Waals surface area (Å²) in [7, 11) is 0. The summed E-state index contributed by atoms with van der Waals surface area (Å²) in [5.41, 5.74) is 0.0890. The summed E-state index contributed by atoms with van der Waals surface area (Å²) in [6.45, 7) is -0.319. The summed E-state index contributed by atoms with van der Waals surface area (Å²) in [5, 5.41) is 8.62. The van der Waals surface area contributed by atoms with Gasteiger partial charge in [-0.25, -0.2) is 4.79 Å². The summed E-state index contributed by atoms with van der Waals surface area (Å²) in [6, 6.07) is 6.34. The number of ether oxygens (including phenoxy) is 1. The highest BCUT2D eigenvalue weighted by molar-refractivity contribution is 6.39. The molecule has 0 aliphatic heterocycles. The molecule has 14 heavy (non-hydrogen) atoms. The fourth-order valence-corrected chi connectivity index (χ4v) is 1.41. The van der Waals surface area contributed by atoms with Crippen molar-refractivity contribution in [1.82, 2.24) is 0 Å². The number of rotatable bonds is 2. The second-order valence-electron chi connectivity index (χ2n) is 2.33. The molecular formula is C9H5Cl2NO2. The van der Waals surface area contributed by atoms with E-state index < -0.39 is 5.97 Å². The van der Waals surface area contributed by atoms with E-state index in [1.807, 2.05) is 0 Å². The average Bonchev–Trinajstić information content (AvgIpc) is 2.14. The molecule has 0 aliphatic carbocycles. The molecular weight excluding hydrogens is 225 g/mol. The van der Waals surface area contributed by atoms with E-state index in [9.17, 15) is 4.79 Å². The normalized spacial score (nSPS) is 9.21. The number of hydrogen-bond donors (Lipinski definition) is 0. The van der Waals surface area contributed by atoms with Crippen molar-refractivity contribution in [2.24, 2.45) is 0 Å². The minimum Gasteiger partial charge on any atom is -0.447 e. The molecule has 1 aromatic carbocycles. The van der Waals surface area contributed by atoms with Gasteiger partial charge in [0.1, 0.15) is 6.07 Å². The van der Waals surface area contributed by atoms with Gasteiger partial charge in [-0.15, -0.1) is 0 Å². The third-order valence-corrected chi connectivity index (χ3v) is 2.06. The zero-order chi connectivity index (χ0) is 10.6. The van der Waals surface area contributed by atoms with Gasteiger partial charge < -0.3 is 4.74 Å². The standard InChI is InChI=1S/C9H5Cl2NO2/c10-6-2-1-3-7(11)8(6)9(13)14-5-4-12/h1-3H,5H2. The van der Waals surface area contributed by atoms with Crippen LogP contribution in [0.3, 0.4) is 0 Å². The van der Waals surface area contributed by atoms with Crippen LogP contribution in [0.1, 0.15) is 10.4 Å². The highest BCUT2D eigenvalue weighted by atomic mass is 35.5. The molecule has 0 heterocycles. The molecule has 1 aromatic rings. The van der Waals surface area contributed by atoms with Crippen LogP contribution in [0, 0.1) is 11.3 Å². The minimum absolute atomic E-state index is 0.0890. The molecule has 1 rings (SSSR count). The number of nitriles is 1. The lowest BCUT2D eigenvalue weighted by atomic mass is 10.2. The largest absolute Gasteiger partial charge is 0.447 e. The predicted octanol–water partition coefficient (Wildman–Crippen LogP) is 2.67. The number of hydrogen-bond acceptors (Lipinski definition) is 3. The first-order chi connectivity index (χ1) is 6.66. The molecule has 0 spiro atoms. The first-order valence-corrected chi connectivity index (χ1v) is 4.40. The van der Waals surface area contributed by atoms with Crippen LogP contribution in [-0.4, -0.2) is 12.6 Å². The maximum atomic E-state index is 11.3. The van der Waals surface area contributed by atoms with Gasteiger partial charge in [0.05, 0.1) is 15.6 Å². The number of carbonyl (C=O) groups is 1. The van der Waals surface area contributed by atoms with Crippen molar-refractivity contribution in [3.8, 4) is 6.07 Å². The lowest BCUT2D eigenvalue weighted by molar-refractivity contribution is 0.0555. The Balaban J connectivity index is 2.95. The van der Waals surface area contributed by atoms with Gasteiger partial charge in [0.25, 0.3) is 0 Å². The van der Waals surface area contributed by atoms with Crippen molar-refractivity contribution in [2.45, 2.75) is 0 Å². The molecule has 0 unspecified atom stereocenters. The summed E-state index contributed by atoms with van der Waals surface area (Å²) < 4.78 is 4.57. The quantitative estimate of drug-likeness (QED) is 0.733. The fraction of sp³-hybridized carbons (Fsp3) is 0.111. The molecule has 0 bridgehead atoms. The number of benzene rings is 1. The molecule has 3 nitrogen and oxygen atoms in total. The highest BCUT2D eigenvalue weighted by Crippen LogP contribution is 2.24. The van der Waals surface area contributed by atoms with Crippen molar-refractivity contribution in [2.75, 3.05) is 6.61 Å². The molecule has 0 fully saturated rings. The molecule has 0 aromatic heterocycles. The van der Waals surface area contributed by atoms with Gasteiger partial charge in [0, 0.05) is 0 Å². The van der Waals surface area contributed by atoms with Gasteiger partial charge in [0.2, 0.25) is 0 Å². The molecule has 0 radical (unpaired) electrons. The zero-order valence-corrected chi connectivity index (χ0v) is 8.47. The molecule has 0 atom stereocenters. The molecule has 0 saturated heterocycles. The van der Waals surface area contributed by atoms with Crippen molar-refractivity contribution >= 4 is 29.2 Å². The maximum absolute atomic E-state index is 11.3. The van der Waals surface area contributed by atoms with Crippen LogP contribution >= 0.6 is 23.2 Å². The summed E-state index contributed by atoms with van der Waals surface area (Å²) in [5.74, 6) is -0.692. The first kappa shape index (κ1) is 10.8. The zero-order valence-electron chi connectivity index (χ0n) is 6.96. The molecule has 72 valence electrons. The molecule has 0 amide bonds. The first-order valence-electron chi connectivity index (χ1n) is 3.65. The van der Waals surface area contributed by atoms with Crippen molar-refractivity contribution in [3.63, 3.8) is 0 Å². The Morgan fingerprint density at radius 2 is 2.00 bits per heavy atom. The van der Waals surface area contributed by atoms with Crippen LogP contribution in [-0.2, 0) is 4.74 Å². The third kappa shape index (κ3) is 2.38. The van der Waals surface area contributed by atoms with E-state index in [1.165, 1.54) is 12.1 Å². The van der Waals surface area contributed by atoms with E-state index in [1.54, 1.807) is 12.1 Å².